The van der Waals surface area contributed by atoms with Gasteiger partial charge in [0, 0.05) is 5.41 Å². The lowest BCUT2D eigenvalue weighted by atomic mass is 9.81. The number of hydrogen-bond donors (Lipinski definition) is 0. The van der Waals surface area contributed by atoms with Gasteiger partial charge in [-0.3, -0.25) is 4.79 Å². The van der Waals surface area contributed by atoms with Crippen molar-refractivity contribution in [1.29, 1.82) is 0 Å². The summed E-state index contributed by atoms with van der Waals surface area (Å²) in [6.07, 6.45) is 5.48. The van der Waals surface area contributed by atoms with Crippen molar-refractivity contribution < 1.29 is 4.79 Å². The van der Waals surface area contributed by atoms with E-state index in [9.17, 15) is 4.79 Å². The highest BCUT2D eigenvalue weighted by Gasteiger charge is 2.51. The summed E-state index contributed by atoms with van der Waals surface area (Å²) in [5.41, 5.74) is 1.24. The van der Waals surface area contributed by atoms with Crippen LogP contribution in [0, 0.1) is 10.8 Å². The fourth-order valence-electron chi connectivity index (χ4n) is 2.89. The first-order valence-corrected chi connectivity index (χ1v) is 4.71. The van der Waals surface area contributed by atoms with Crippen LogP contribution in [0.5, 0.6) is 0 Å². The van der Waals surface area contributed by atoms with Crippen molar-refractivity contribution in [3.05, 3.63) is 11.6 Å². The molecule has 0 aromatic rings. The predicted octanol–water partition coefficient (Wildman–Crippen LogP) is 2.71. The van der Waals surface area contributed by atoms with Crippen molar-refractivity contribution >= 4 is 5.78 Å². The van der Waals surface area contributed by atoms with Gasteiger partial charge < -0.3 is 0 Å². The average Bonchev–Trinajstić information content (AvgIpc) is 2.33. The van der Waals surface area contributed by atoms with Gasteiger partial charge in [-0.25, -0.2) is 0 Å². The van der Waals surface area contributed by atoms with Crippen LogP contribution in [0.2, 0.25) is 0 Å². The van der Waals surface area contributed by atoms with E-state index in [1.807, 2.05) is 0 Å². The van der Waals surface area contributed by atoms with Gasteiger partial charge in [-0.1, -0.05) is 26.8 Å². The van der Waals surface area contributed by atoms with Gasteiger partial charge in [0.05, 0.1) is 0 Å². The van der Waals surface area contributed by atoms with Crippen molar-refractivity contribution in [2.75, 3.05) is 0 Å². The highest BCUT2D eigenvalue weighted by atomic mass is 16.1. The van der Waals surface area contributed by atoms with Crippen LogP contribution in [0.3, 0.4) is 0 Å². The van der Waals surface area contributed by atoms with Crippen LogP contribution >= 0.6 is 0 Å². The smallest absolute Gasteiger partial charge is 0.164 e. The Kier molecular flexibility index (Phi) is 1.35. The molecular formula is C11H16O. The van der Waals surface area contributed by atoms with Gasteiger partial charge in [-0.05, 0) is 30.3 Å². The van der Waals surface area contributed by atoms with Gasteiger partial charge in [0.25, 0.3) is 0 Å². The third-order valence-electron chi connectivity index (χ3n) is 3.39. The molecule has 0 radical (unpaired) electrons. The van der Waals surface area contributed by atoms with Gasteiger partial charge in [0.15, 0.2) is 5.78 Å². The third-order valence-corrected chi connectivity index (χ3v) is 3.39. The molecule has 2 rings (SSSR count). The molecule has 0 bridgehead atoms. The summed E-state index contributed by atoms with van der Waals surface area (Å²) in [5, 5.41) is 0. The molecule has 0 amide bonds. The molecular weight excluding hydrogens is 148 g/mol. The van der Waals surface area contributed by atoms with Crippen LogP contribution in [-0.2, 0) is 4.79 Å². The average molecular weight is 164 g/mol. The Bertz CT molecular complexity index is 273. The Hall–Kier alpha value is -0.590. The van der Waals surface area contributed by atoms with Gasteiger partial charge >= 0.3 is 0 Å². The molecule has 1 saturated carbocycles. The number of allylic oxidation sites excluding steroid dienone is 2. The predicted molar refractivity (Wildman–Crippen MR) is 48.8 cm³/mol. The number of hydrogen-bond acceptors (Lipinski definition) is 1. The van der Waals surface area contributed by atoms with Crippen molar-refractivity contribution in [2.45, 2.75) is 40.0 Å². The van der Waals surface area contributed by atoms with E-state index in [-0.39, 0.29) is 10.8 Å². The fourth-order valence-corrected chi connectivity index (χ4v) is 2.89. The summed E-state index contributed by atoms with van der Waals surface area (Å²) in [5.74, 6) is 0.391. The van der Waals surface area contributed by atoms with Gasteiger partial charge in [-0.2, -0.15) is 0 Å². The van der Waals surface area contributed by atoms with E-state index in [2.05, 4.69) is 26.8 Å². The van der Waals surface area contributed by atoms with Gasteiger partial charge in [-0.15, -0.1) is 0 Å². The molecule has 2 aliphatic rings. The largest absolute Gasteiger partial charge is 0.294 e. The lowest BCUT2D eigenvalue weighted by Gasteiger charge is -2.21. The Morgan fingerprint density at radius 2 is 2.00 bits per heavy atom. The normalized spacial score (nSPS) is 38.2. The molecule has 0 heterocycles. The Balaban J connectivity index is 2.46. The van der Waals surface area contributed by atoms with E-state index >= 15 is 0 Å². The number of carbonyl (C=O) groups is 1. The van der Waals surface area contributed by atoms with Crippen LogP contribution in [0.25, 0.3) is 0 Å². The Labute approximate surface area is 73.8 Å². The highest BCUT2D eigenvalue weighted by Crippen LogP contribution is 2.55. The van der Waals surface area contributed by atoms with Crippen molar-refractivity contribution in [1.82, 2.24) is 0 Å². The van der Waals surface area contributed by atoms with Crippen LogP contribution in [0.1, 0.15) is 40.0 Å². The van der Waals surface area contributed by atoms with Crippen molar-refractivity contribution in [2.24, 2.45) is 10.8 Å². The summed E-state index contributed by atoms with van der Waals surface area (Å²) >= 11 is 0. The zero-order valence-corrected chi connectivity index (χ0v) is 8.11. The highest BCUT2D eigenvalue weighted by molar-refractivity contribution is 6.03. The summed E-state index contributed by atoms with van der Waals surface area (Å²) in [6, 6.07) is 0. The maximum Gasteiger partial charge on any atom is 0.164 e. The monoisotopic (exact) mass is 164 g/mol. The second-order valence-electron chi connectivity index (χ2n) is 5.11. The molecule has 1 fully saturated rings. The maximum absolute atomic E-state index is 11.8. The van der Waals surface area contributed by atoms with Crippen molar-refractivity contribution in [3.63, 3.8) is 0 Å². The second-order valence-corrected chi connectivity index (χ2v) is 5.11. The molecule has 0 aliphatic heterocycles. The number of carbonyl (C=O) groups excluding carboxylic acids is 1. The summed E-state index contributed by atoms with van der Waals surface area (Å²) < 4.78 is 0. The Morgan fingerprint density at radius 3 is 2.58 bits per heavy atom. The van der Waals surface area contributed by atoms with Gasteiger partial charge in [0.1, 0.15) is 0 Å². The van der Waals surface area contributed by atoms with Crippen LogP contribution in [0.4, 0.5) is 0 Å². The minimum atomic E-state index is -0.0962. The molecule has 66 valence electrons. The first-order valence-electron chi connectivity index (χ1n) is 4.71. The van der Waals surface area contributed by atoms with E-state index in [1.165, 1.54) is 6.42 Å². The van der Waals surface area contributed by atoms with E-state index < -0.39 is 0 Å². The first kappa shape index (κ1) is 8.03. The van der Waals surface area contributed by atoms with Crippen LogP contribution in [0.15, 0.2) is 11.6 Å². The number of rotatable bonds is 0. The lowest BCUT2D eigenvalue weighted by molar-refractivity contribution is -0.121. The molecule has 12 heavy (non-hydrogen) atoms. The minimum Gasteiger partial charge on any atom is -0.294 e. The summed E-state index contributed by atoms with van der Waals surface area (Å²) in [4.78, 5) is 11.8. The van der Waals surface area contributed by atoms with E-state index in [1.54, 1.807) is 0 Å². The molecule has 1 nitrogen and oxygen atoms in total. The van der Waals surface area contributed by atoms with E-state index in [0.717, 1.165) is 18.4 Å². The Morgan fingerprint density at radius 1 is 1.33 bits per heavy atom. The molecule has 0 aromatic heterocycles. The molecule has 0 saturated heterocycles. The minimum absolute atomic E-state index is 0.0962. The molecule has 0 aromatic carbocycles. The molecule has 2 aliphatic carbocycles. The zero-order valence-electron chi connectivity index (χ0n) is 8.11. The topological polar surface area (TPSA) is 17.1 Å². The molecule has 0 spiro atoms. The first-order chi connectivity index (χ1) is 5.46. The maximum atomic E-state index is 11.8. The quantitative estimate of drug-likeness (QED) is 0.538. The summed E-state index contributed by atoms with van der Waals surface area (Å²) in [6.45, 7) is 6.37. The van der Waals surface area contributed by atoms with Crippen LogP contribution in [-0.4, -0.2) is 5.78 Å². The molecule has 1 heteroatoms. The standard InChI is InChI=1S/C11H16O/c1-10(2)7-11(3)6-4-5-8(11)9(10)12/h5H,4,6-7H2,1-3H3. The zero-order chi connectivity index (χ0) is 8.98. The van der Waals surface area contributed by atoms with Crippen molar-refractivity contribution in [3.8, 4) is 0 Å². The number of Topliss-reactive ketones (excluding diaryl/α,β-unsaturated/α-hetero) is 1. The number of fused-ring (bicyclic) bond motifs is 1. The summed E-state index contributed by atoms with van der Waals surface area (Å²) in [7, 11) is 0. The number of ketones is 1. The molecule has 1 unspecified atom stereocenters. The van der Waals surface area contributed by atoms with E-state index in [4.69, 9.17) is 0 Å². The third kappa shape index (κ3) is 0.825. The lowest BCUT2D eigenvalue weighted by Crippen LogP contribution is -2.17. The SMILES string of the molecule is CC1(C)CC2(C)CCC=C2C1=O. The fraction of sp³-hybridized carbons (Fsp3) is 0.727. The van der Waals surface area contributed by atoms with Gasteiger partial charge in [0.2, 0.25) is 0 Å². The second kappa shape index (κ2) is 2.01. The van der Waals surface area contributed by atoms with E-state index in [0.29, 0.717) is 5.78 Å². The van der Waals surface area contributed by atoms with Crippen LogP contribution < -0.4 is 0 Å². The molecule has 0 N–H and O–H groups in total. The molecule has 1 atom stereocenters.